The monoisotopic (exact) mass is 316 g/mol. The first-order valence-electron chi connectivity index (χ1n) is 8.36. The topological polar surface area (TPSA) is 40.6 Å². The van der Waals surface area contributed by atoms with Crippen LogP contribution in [0.5, 0.6) is 0 Å². The number of hydrogen-bond acceptors (Lipinski definition) is 2. The molecule has 1 aliphatic heterocycles. The minimum Gasteiger partial charge on any atom is -0.340 e. The Hall–Kier alpha value is -1.84. The molecule has 23 heavy (non-hydrogen) atoms. The molecule has 2 amide bonds. The van der Waals surface area contributed by atoms with Crippen molar-refractivity contribution < 1.29 is 9.59 Å². The number of carbonyl (C=O) groups excluding carboxylic acids is 2. The van der Waals surface area contributed by atoms with Gasteiger partial charge in [0.25, 0.3) is 5.91 Å². The molecule has 1 fully saturated rings. The first kappa shape index (κ1) is 17.5. The van der Waals surface area contributed by atoms with E-state index in [4.69, 9.17) is 0 Å². The highest BCUT2D eigenvalue weighted by atomic mass is 16.2. The van der Waals surface area contributed by atoms with Gasteiger partial charge in [-0.25, -0.2) is 0 Å². The minimum atomic E-state index is -0.368. The van der Waals surface area contributed by atoms with Crippen LogP contribution < -0.4 is 0 Å². The summed E-state index contributed by atoms with van der Waals surface area (Å²) in [5.41, 5.74) is 2.70. The lowest BCUT2D eigenvalue weighted by molar-refractivity contribution is -0.139. The second-order valence-corrected chi connectivity index (χ2v) is 7.49. The summed E-state index contributed by atoms with van der Waals surface area (Å²) >= 11 is 0. The minimum absolute atomic E-state index is 0.0677. The third-order valence-corrected chi connectivity index (χ3v) is 4.47. The van der Waals surface area contributed by atoms with Crippen LogP contribution in [0.2, 0.25) is 0 Å². The van der Waals surface area contributed by atoms with E-state index < -0.39 is 0 Å². The number of benzene rings is 1. The van der Waals surface area contributed by atoms with E-state index in [0.29, 0.717) is 19.6 Å². The summed E-state index contributed by atoms with van der Waals surface area (Å²) in [6.07, 6.45) is 0.832. The molecule has 1 saturated heterocycles. The summed E-state index contributed by atoms with van der Waals surface area (Å²) in [6.45, 7) is 12.6. The molecular weight excluding hydrogens is 288 g/mol. The van der Waals surface area contributed by atoms with E-state index in [1.807, 2.05) is 62.6 Å². The highest BCUT2D eigenvalue weighted by Crippen LogP contribution is 2.19. The summed E-state index contributed by atoms with van der Waals surface area (Å²) < 4.78 is 0. The van der Waals surface area contributed by atoms with E-state index in [0.717, 1.165) is 24.1 Å². The zero-order chi connectivity index (χ0) is 17.2. The maximum absolute atomic E-state index is 12.7. The van der Waals surface area contributed by atoms with Gasteiger partial charge in [-0.2, -0.15) is 0 Å². The number of rotatable bonds is 1. The van der Waals surface area contributed by atoms with Crippen LogP contribution in [0.3, 0.4) is 0 Å². The molecule has 1 aromatic carbocycles. The van der Waals surface area contributed by atoms with Crippen LogP contribution in [-0.2, 0) is 4.79 Å². The Morgan fingerprint density at radius 1 is 0.913 bits per heavy atom. The van der Waals surface area contributed by atoms with E-state index >= 15 is 0 Å². The molecule has 0 aliphatic carbocycles. The first-order valence-corrected chi connectivity index (χ1v) is 8.36. The fourth-order valence-electron chi connectivity index (χ4n) is 2.86. The van der Waals surface area contributed by atoms with Gasteiger partial charge in [0, 0.05) is 37.2 Å². The van der Waals surface area contributed by atoms with Crippen molar-refractivity contribution in [3.8, 4) is 0 Å². The highest BCUT2D eigenvalue weighted by Gasteiger charge is 2.29. The molecule has 0 spiro atoms. The molecular formula is C19H28N2O2. The van der Waals surface area contributed by atoms with Crippen molar-refractivity contribution in [1.82, 2.24) is 9.80 Å². The van der Waals surface area contributed by atoms with Gasteiger partial charge in [0.1, 0.15) is 0 Å². The normalized spacial score (nSPS) is 16.2. The van der Waals surface area contributed by atoms with E-state index in [2.05, 4.69) is 0 Å². The molecule has 1 heterocycles. The standard InChI is InChI=1S/C19H28N2O2/c1-14-7-8-16(13-15(14)2)17(22)20-9-6-10-21(12-11-20)18(23)19(3,4)5/h7-8,13H,6,9-12H2,1-5H3. The van der Waals surface area contributed by atoms with Crippen molar-refractivity contribution in [3.63, 3.8) is 0 Å². The molecule has 126 valence electrons. The number of nitrogens with zero attached hydrogens (tertiary/aromatic N) is 2. The Morgan fingerprint density at radius 3 is 2.13 bits per heavy atom. The van der Waals surface area contributed by atoms with Crippen molar-refractivity contribution in [2.75, 3.05) is 26.2 Å². The van der Waals surface area contributed by atoms with Gasteiger partial charge in [-0.1, -0.05) is 26.8 Å². The molecule has 1 aliphatic rings. The molecule has 0 radical (unpaired) electrons. The first-order chi connectivity index (χ1) is 10.7. The largest absolute Gasteiger partial charge is 0.340 e. The third-order valence-electron chi connectivity index (χ3n) is 4.47. The lowest BCUT2D eigenvalue weighted by Crippen LogP contribution is -2.42. The average molecular weight is 316 g/mol. The third kappa shape index (κ3) is 4.12. The molecule has 0 aromatic heterocycles. The second-order valence-electron chi connectivity index (χ2n) is 7.49. The molecule has 0 atom stereocenters. The quantitative estimate of drug-likeness (QED) is 0.799. The smallest absolute Gasteiger partial charge is 0.253 e. The van der Waals surface area contributed by atoms with E-state index in [1.165, 1.54) is 5.56 Å². The fourth-order valence-corrected chi connectivity index (χ4v) is 2.86. The van der Waals surface area contributed by atoms with E-state index in [1.54, 1.807) is 0 Å². The van der Waals surface area contributed by atoms with Crippen molar-refractivity contribution in [2.45, 2.75) is 41.0 Å². The van der Waals surface area contributed by atoms with Crippen molar-refractivity contribution in [2.24, 2.45) is 5.41 Å². The van der Waals surface area contributed by atoms with Gasteiger partial charge in [0.2, 0.25) is 5.91 Å². The van der Waals surface area contributed by atoms with Crippen LogP contribution in [0.15, 0.2) is 18.2 Å². The fraction of sp³-hybridized carbons (Fsp3) is 0.579. The van der Waals surface area contributed by atoms with Gasteiger partial charge in [-0.3, -0.25) is 9.59 Å². The molecule has 2 rings (SSSR count). The predicted molar refractivity (Wildman–Crippen MR) is 92.5 cm³/mol. The van der Waals surface area contributed by atoms with Crippen molar-refractivity contribution >= 4 is 11.8 Å². The van der Waals surface area contributed by atoms with Crippen molar-refractivity contribution in [1.29, 1.82) is 0 Å². The van der Waals surface area contributed by atoms with Gasteiger partial charge < -0.3 is 9.80 Å². The molecule has 4 heteroatoms. The van der Waals surface area contributed by atoms with Crippen LogP contribution >= 0.6 is 0 Å². The predicted octanol–water partition coefficient (Wildman–Crippen LogP) is 3.02. The van der Waals surface area contributed by atoms with E-state index in [-0.39, 0.29) is 17.2 Å². The Morgan fingerprint density at radius 2 is 1.52 bits per heavy atom. The van der Waals surface area contributed by atoms with Gasteiger partial charge in [-0.05, 0) is 43.5 Å². The zero-order valence-electron chi connectivity index (χ0n) is 15.0. The lowest BCUT2D eigenvalue weighted by atomic mass is 9.94. The van der Waals surface area contributed by atoms with E-state index in [9.17, 15) is 9.59 Å². The Balaban J connectivity index is 2.06. The molecule has 4 nitrogen and oxygen atoms in total. The Bertz CT molecular complexity index is 602. The summed E-state index contributed by atoms with van der Waals surface area (Å²) in [4.78, 5) is 28.9. The van der Waals surface area contributed by atoms with Gasteiger partial charge >= 0.3 is 0 Å². The molecule has 0 unspecified atom stereocenters. The van der Waals surface area contributed by atoms with Crippen LogP contribution in [-0.4, -0.2) is 47.8 Å². The van der Waals surface area contributed by atoms with Crippen LogP contribution in [0.4, 0.5) is 0 Å². The summed E-state index contributed by atoms with van der Waals surface area (Å²) in [6, 6.07) is 5.85. The van der Waals surface area contributed by atoms with Gasteiger partial charge in [-0.15, -0.1) is 0 Å². The summed E-state index contributed by atoms with van der Waals surface area (Å²) in [5, 5.41) is 0. The SMILES string of the molecule is Cc1ccc(C(=O)N2CCCN(C(=O)C(C)(C)C)CC2)cc1C. The number of carbonyl (C=O) groups is 2. The Labute approximate surface area is 139 Å². The van der Waals surface area contributed by atoms with Gasteiger partial charge in [0.05, 0.1) is 0 Å². The maximum atomic E-state index is 12.7. The van der Waals surface area contributed by atoms with Crippen LogP contribution in [0, 0.1) is 19.3 Å². The summed E-state index contributed by atoms with van der Waals surface area (Å²) in [7, 11) is 0. The molecule has 0 N–H and O–H groups in total. The maximum Gasteiger partial charge on any atom is 0.253 e. The number of hydrogen-bond donors (Lipinski definition) is 0. The molecule has 1 aromatic rings. The second kappa shape index (κ2) is 6.73. The average Bonchev–Trinajstić information content (AvgIpc) is 2.73. The zero-order valence-corrected chi connectivity index (χ0v) is 15.0. The number of aryl methyl sites for hydroxylation is 2. The van der Waals surface area contributed by atoms with Crippen LogP contribution in [0.1, 0.15) is 48.7 Å². The lowest BCUT2D eigenvalue weighted by Gasteiger charge is -2.28. The summed E-state index contributed by atoms with van der Waals surface area (Å²) in [5.74, 6) is 0.233. The highest BCUT2D eigenvalue weighted by molar-refractivity contribution is 5.94. The van der Waals surface area contributed by atoms with Crippen LogP contribution in [0.25, 0.3) is 0 Å². The molecule has 0 saturated carbocycles. The number of amides is 2. The Kier molecular flexibility index (Phi) is 5.12. The molecule has 0 bridgehead atoms. The van der Waals surface area contributed by atoms with Crippen molar-refractivity contribution in [3.05, 3.63) is 34.9 Å². The van der Waals surface area contributed by atoms with Gasteiger partial charge in [0.15, 0.2) is 0 Å².